The molecule has 6 heteroatoms. The Hall–Kier alpha value is -2.76. The molecule has 0 fully saturated rings. The number of benzene rings is 1. The number of carbonyl (C=O) groups is 2. The average Bonchev–Trinajstić information content (AvgIpc) is 2.99. The van der Waals surface area contributed by atoms with E-state index < -0.39 is 18.1 Å². The van der Waals surface area contributed by atoms with Crippen molar-refractivity contribution < 1.29 is 23.8 Å². The van der Waals surface area contributed by atoms with Crippen LogP contribution in [0, 0.1) is 0 Å². The first-order chi connectivity index (χ1) is 10.1. The summed E-state index contributed by atoms with van der Waals surface area (Å²) in [5.74, 6) is -0.672. The highest BCUT2D eigenvalue weighted by molar-refractivity contribution is 5.71. The highest BCUT2D eigenvalue weighted by Crippen LogP contribution is 2.17. The van der Waals surface area contributed by atoms with Gasteiger partial charge in [0, 0.05) is 0 Å². The van der Waals surface area contributed by atoms with Gasteiger partial charge in [-0.3, -0.25) is 4.79 Å². The highest BCUT2D eigenvalue weighted by Gasteiger charge is 2.21. The molecule has 0 radical (unpaired) electrons. The summed E-state index contributed by atoms with van der Waals surface area (Å²) in [6, 6.07) is 11.7. The summed E-state index contributed by atoms with van der Waals surface area (Å²) in [6.07, 6.45) is 0.441. The van der Waals surface area contributed by atoms with Crippen LogP contribution < -0.4 is 5.32 Å². The van der Waals surface area contributed by atoms with Crippen molar-refractivity contribution in [3.63, 3.8) is 0 Å². The van der Waals surface area contributed by atoms with Gasteiger partial charge in [-0.2, -0.15) is 0 Å². The molecule has 110 valence electrons. The summed E-state index contributed by atoms with van der Waals surface area (Å²) in [7, 11) is 0. The number of hydrogen-bond donors (Lipinski definition) is 2. The number of furan rings is 1. The van der Waals surface area contributed by atoms with Crippen molar-refractivity contribution in [2.75, 3.05) is 0 Å². The van der Waals surface area contributed by atoms with Gasteiger partial charge in [0.15, 0.2) is 0 Å². The van der Waals surface area contributed by atoms with E-state index in [1.807, 2.05) is 30.3 Å². The number of alkyl carbamates (subject to hydrolysis) is 1. The minimum absolute atomic E-state index is 0.116. The van der Waals surface area contributed by atoms with Crippen LogP contribution in [0.5, 0.6) is 0 Å². The Bertz CT molecular complexity index is 579. The Labute approximate surface area is 121 Å². The Kier molecular flexibility index (Phi) is 4.98. The first kappa shape index (κ1) is 14.6. The fraction of sp³-hybridized carbons (Fsp3) is 0.200. The van der Waals surface area contributed by atoms with Gasteiger partial charge in [-0.1, -0.05) is 30.3 Å². The fourth-order valence-corrected chi connectivity index (χ4v) is 1.79. The molecule has 0 aliphatic rings. The summed E-state index contributed by atoms with van der Waals surface area (Å²) in [4.78, 5) is 22.6. The second-order valence-electron chi connectivity index (χ2n) is 4.37. The van der Waals surface area contributed by atoms with Gasteiger partial charge in [0.2, 0.25) is 0 Å². The zero-order valence-corrected chi connectivity index (χ0v) is 11.2. The molecular weight excluding hydrogens is 274 g/mol. The van der Waals surface area contributed by atoms with Crippen LogP contribution in [-0.4, -0.2) is 17.2 Å². The molecule has 0 saturated carbocycles. The number of amides is 1. The van der Waals surface area contributed by atoms with Gasteiger partial charge in [-0.15, -0.1) is 0 Å². The molecule has 1 aromatic carbocycles. The summed E-state index contributed by atoms with van der Waals surface area (Å²) in [6.45, 7) is 0.116. The number of rotatable bonds is 6. The second-order valence-corrected chi connectivity index (χ2v) is 4.37. The molecule has 6 nitrogen and oxygen atoms in total. The predicted octanol–water partition coefficient (Wildman–Crippen LogP) is 2.72. The van der Waals surface area contributed by atoms with E-state index in [1.54, 1.807) is 12.1 Å². The molecule has 0 aliphatic carbocycles. The van der Waals surface area contributed by atoms with Gasteiger partial charge in [0.05, 0.1) is 12.7 Å². The number of carboxylic acids is 1. The molecular formula is C15H15NO5. The van der Waals surface area contributed by atoms with Crippen molar-refractivity contribution in [2.45, 2.75) is 19.1 Å². The molecule has 1 amide bonds. The van der Waals surface area contributed by atoms with E-state index in [1.165, 1.54) is 6.26 Å². The topological polar surface area (TPSA) is 88.8 Å². The fourth-order valence-electron chi connectivity index (χ4n) is 1.79. The van der Waals surface area contributed by atoms with E-state index in [-0.39, 0.29) is 13.0 Å². The molecule has 0 bridgehead atoms. The number of aliphatic carboxylic acids is 1. The van der Waals surface area contributed by atoms with E-state index >= 15 is 0 Å². The number of carbonyl (C=O) groups excluding carboxylic acids is 1. The van der Waals surface area contributed by atoms with Crippen molar-refractivity contribution in [3.8, 4) is 0 Å². The molecule has 0 spiro atoms. The lowest BCUT2D eigenvalue weighted by Crippen LogP contribution is -2.30. The maximum absolute atomic E-state index is 11.7. The Morgan fingerprint density at radius 1 is 1.19 bits per heavy atom. The van der Waals surface area contributed by atoms with Crippen molar-refractivity contribution in [2.24, 2.45) is 0 Å². The Morgan fingerprint density at radius 2 is 1.95 bits per heavy atom. The van der Waals surface area contributed by atoms with Crippen LogP contribution in [0.2, 0.25) is 0 Å². The summed E-state index contributed by atoms with van der Waals surface area (Å²) in [5.41, 5.74) is 0.848. The number of nitrogens with one attached hydrogen (secondary N) is 1. The van der Waals surface area contributed by atoms with E-state index in [9.17, 15) is 9.59 Å². The second kappa shape index (κ2) is 7.14. The van der Waals surface area contributed by atoms with Gasteiger partial charge in [0.1, 0.15) is 18.4 Å². The summed E-state index contributed by atoms with van der Waals surface area (Å²) >= 11 is 0. The molecule has 21 heavy (non-hydrogen) atoms. The third-order valence-electron chi connectivity index (χ3n) is 2.77. The highest BCUT2D eigenvalue weighted by atomic mass is 16.5. The number of hydrogen-bond acceptors (Lipinski definition) is 4. The van der Waals surface area contributed by atoms with E-state index in [2.05, 4.69) is 5.32 Å². The van der Waals surface area contributed by atoms with E-state index in [4.69, 9.17) is 14.3 Å². The first-order valence-corrected chi connectivity index (χ1v) is 6.37. The zero-order valence-electron chi connectivity index (χ0n) is 11.2. The van der Waals surface area contributed by atoms with Gasteiger partial charge < -0.3 is 19.6 Å². The molecule has 0 aliphatic heterocycles. The normalized spacial score (nSPS) is 11.6. The van der Waals surface area contributed by atoms with Crippen LogP contribution in [0.25, 0.3) is 0 Å². The van der Waals surface area contributed by atoms with Crippen molar-refractivity contribution in [3.05, 3.63) is 60.1 Å². The Balaban J connectivity index is 1.90. The van der Waals surface area contributed by atoms with Crippen molar-refractivity contribution >= 4 is 12.1 Å². The number of ether oxygens (including phenoxy) is 1. The first-order valence-electron chi connectivity index (χ1n) is 6.37. The molecule has 2 N–H and O–H groups in total. The van der Waals surface area contributed by atoms with Gasteiger partial charge in [0.25, 0.3) is 0 Å². The van der Waals surface area contributed by atoms with Crippen LogP contribution >= 0.6 is 0 Å². The summed E-state index contributed by atoms with van der Waals surface area (Å²) < 4.78 is 10.2. The maximum Gasteiger partial charge on any atom is 0.408 e. The third-order valence-corrected chi connectivity index (χ3v) is 2.77. The molecule has 0 saturated heterocycles. The lowest BCUT2D eigenvalue weighted by atomic mass is 10.1. The predicted molar refractivity (Wildman–Crippen MR) is 73.5 cm³/mol. The minimum Gasteiger partial charge on any atom is -0.481 e. The van der Waals surface area contributed by atoms with E-state index in [0.717, 1.165) is 5.56 Å². The lowest BCUT2D eigenvalue weighted by Gasteiger charge is -2.14. The quantitative estimate of drug-likeness (QED) is 0.853. The maximum atomic E-state index is 11.7. The SMILES string of the molecule is O=C(O)C[C@@H](NC(=O)OCc1ccccc1)c1ccco1. The Morgan fingerprint density at radius 3 is 2.57 bits per heavy atom. The smallest absolute Gasteiger partial charge is 0.408 e. The van der Waals surface area contributed by atoms with Crippen LogP contribution in [0.1, 0.15) is 23.8 Å². The molecule has 0 unspecified atom stereocenters. The van der Waals surface area contributed by atoms with Gasteiger partial charge in [-0.25, -0.2) is 4.79 Å². The van der Waals surface area contributed by atoms with E-state index in [0.29, 0.717) is 5.76 Å². The largest absolute Gasteiger partial charge is 0.481 e. The molecule has 2 rings (SSSR count). The van der Waals surface area contributed by atoms with Crippen LogP contribution in [0.15, 0.2) is 53.1 Å². The average molecular weight is 289 g/mol. The molecule has 1 heterocycles. The standard InChI is InChI=1S/C15H15NO5/c17-14(18)9-12(13-7-4-8-20-13)16-15(19)21-10-11-5-2-1-3-6-11/h1-8,12H,9-10H2,(H,16,19)(H,17,18)/t12-/m1/s1. The summed E-state index contributed by atoms with van der Waals surface area (Å²) in [5, 5.41) is 11.4. The zero-order chi connectivity index (χ0) is 15.1. The van der Waals surface area contributed by atoms with Gasteiger partial charge in [-0.05, 0) is 17.7 Å². The van der Waals surface area contributed by atoms with Crippen LogP contribution in [0.3, 0.4) is 0 Å². The van der Waals surface area contributed by atoms with Gasteiger partial charge >= 0.3 is 12.1 Å². The third kappa shape index (κ3) is 4.68. The monoisotopic (exact) mass is 289 g/mol. The molecule has 2 aromatic rings. The minimum atomic E-state index is -1.04. The lowest BCUT2D eigenvalue weighted by molar-refractivity contribution is -0.137. The number of carboxylic acid groups (broad SMARTS) is 1. The van der Waals surface area contributed by atoms with Crippen molar-refractivity contribution in [1.82, 2.24) is 5.32 Å². The van der Waals surface area contributed by atoms with Crippen molar-refractivity contribution in [1.29, 1.82) is 0 Å². The van der Waals surface area contributed by atoms with Crippen LogP contribution in [0.4, 0.5) is 4.79 Å². The van der Waals surface area contributed by atoms with Crippen LogP contribution in [-0.2, 0) is 16.1 Å². The molecule has 1 atom stereocenters. The molecule has 1 aromatic heterocycles.